The van der Waals surface area contributed by atoms with Crippen molar-refractivity contribution in [1.29, 1.82) is 0 Å². The van der Waals surface area contributed by atoms with Crippen LogP contribution in [0.1, 0.15) is 15.9 Å². The molecule has 1 amide bonds. The van der Waals surface area contributed by atoms with Crippen LogP contribution in [0.15, 0.2) is 105 Å². The summed E-state index contributed by atoms with van der Waals surface area (Å²) in [6.07, 6.45) is 3.02. The van der Waals surface area contributed by atoms with Crippen LogP contribution in [0.25, 0.3) is 27.9 Å². The highest BCUT2D eigenvalue weighted by Gasteiger charge is 2.17. The molecule has 0 unspecified atom stereocenters. The summed E-state index contributed by atoms with van der Waals surface area (Å²) in [7, 11) is 0. The molecule has 0 saturated heterocycles. The molecule has 5 aromatic rings. The fraction of sp³-hybridized carbons (Fsp3) is 0. The maximum atomic E-state index is 12.8. The number of para-hydroxylation sites is 2. The molecule has 2 heterocycles. The zero-order valence-corrected chi connectivity index (χ0v) is 18.6. The third kappa shape index (κ3) is 4.50. The van der Waals surface area contributed by atoms with Gasteiger partial charge in [0, 0.05) is 34.8 Å². The van der Waals surface area contributed by atoms with Crippen LogP contribution in [0.5, 0.6) is 0 Å². The number of hydrogen-bond acceptors (Lipinski definition) is 7. The minimum absolute atomic E-state index is 0.0803. The van der Waals surface area contributed by atoms with E-state index in [9.17, 15) is 19.7 Å². The Hall–Kier alpha value is -5.38. The number of hydrazone groups is 1. The number of nitrogens with zero attached hydrogens (tertiary/aromatic N) is 4. The van der Waals surface area contributed by atoms with Crippen LogP contribution < -0.4 is 11.1 Å². The van der Waals surface area contributed by atoms with Crippen LogP contribution in [-0.2, 0) is 0 Å². The van der Waals surface area contributed by atoms with Gasteiger partial charge in [0.2, 0.25) is 0 Å². The Bertz CT molecular complexity index is 1690. The third-order valence-corrected chi connectivity index (χ3v) is 5.35. The Balaban J connectivity index is 1.52. The molecule has 0 spiro atoms. The summed E-state index contributed by atoms with van der Waals surface area (Å²) in [6, 6.07) is 23.4. The zero-order valence-electron chi connectivity index (χ0n) is 18.6. The van der Waals surface area contributed by atoms with Gasteiger partial charge in [0.25, 0.3) is 11.6 Å². The second-order valence-electron chi connectivity index (χ2n) is 7.71. The van der Waals surface area contributed by atoms with Crippen LogP contribution in [0.4, 0.5) is 5.69 Å². The molecule has 0 aliphatic heterocycles. The molecule has 176 valence electrons. The lowest BCUT2D eigenvalue weighted by molar-refractivity contribution is -0.384. The van der Waals surface area contributed by atoms with Crippen LogP contribution in [0.2, 0.25) is 0 Å². The van der Waals surface area contributed by atoms with E-state index in [4.69, 9.17) is 4.42 Å². The van der Waals surface area contributed by atoms with Gasteiger partial charge < -0.3 is 4.42 Å². The van der Waals surface area contributed by atoms with Gasteiger partial charge in [-0.1, -0.05) is 42.5 Å². The van der Waals surface area contributed by atoms with E-state index in [0.29, 0.717) is 16.8 Å². The van der Waals surface area contributed by atoms with Gasteiger partial charge in [-0.25, -0.2) is 14.9 Å². The van der Waals surface area contributed by atoms with Crippen LogP contribution >= 0.6 is 0 Å². The molecule has 10 nitrogen and oxygen atoms in total. The number of rotatable bonds is 6. The summed E-state index contributed by atoms with van der Waals surface area (Å²) in [5, 5.41) is 20.3. The van der Waals surface area contributed by atoms with Gasteiger partial charge in [0.05, 0.1) is 22.4 Å². The Labute approximate surface area is 203 Å². The molecule has 0 atom stereocenters. The molecular formula is C26H17N5O5. The smallest absolute Gasteiger partial charge is 0.345 e. The quantitative estimate of drug-likeness (QED) is 0.167. The molecule has 1 N–H and O–H groups in total. The second kappa shape index (κ2) is 9.47. The summed E-state index contributed by atoms with van der Waals surface area (Å²) in [5.74, 6) is -0.628. The first-order valence-electron chi connectivity index (χ1n) is 10.8. The molecule has 2 aromatic heterocycles. The van der Waals surface area contributed by atoms with E-state index in [1.165, 1.54) is 24.4 Å². The number of carbonyl (C=O) groups is 1. The van der Waals surface area contributed by atoms with Crippen molar-refractivity contribution < 1.29 is 14.1 Å². The number of non-ortho nitro benzene ring substituents is 1. The predicted octanol–water partition coefficient (Wildman–Crippen LogP) is 4.32. The Morgan fingerprint density at radius 2 is 1.81 bits per heavy atom. The lowest BCUT2D eigenvalue weighted by Gasteiger charge is -2.02. The summed E-state index contributed by atoms with van der Waals surface area (Å²) in [5.41, 5.74) is 3.85. The minimum atomic E-state index is -0.628. The highest BCUT2D eigenvalue weighted by Crippen LogP contribution is 2.23. The Kier molecular flexibility index (Phi) is 5.90. The van der Waals surface area contributed by atoms with Crippen LogP contribution in [0, 0.1) is 10.1 Å². The zero-order chi connectivity index (χ0) is 25.1. The highest BCUT2D eigenvalue weighted by molar-refractivity contribution is 5.96. The predicted molar refractivity (Wildman–Crippen MR) is 133 cm³/mol. The number of aromatic nitrogens is 2. The van der Waals surface area contributed by atoms with Gasteiger partial charge in [0.15, 0.2) is 0 Å². The molecule has 0 saturated carbocycles. The molecule has 36 heavy (non-hydrogen) atoms. The van der Waals surface area contributed by atoms with Gasteiger partial charge >= 0.3 is 5.63 Å². The monoisotopic (exact) mass is 479 g/mol. The normalized spacial score (nSPS) is 11.1. The summed E-state index contributed by atoms with van der Waals surface area (Å²) < 4.78 is 7.07. The fourth-order valence-corrected chi connectivity index (χ4v) is 3.62. The maximum Gasteiger partial charge on any atom is 0.345 e. The van der Waals surface area contributed by atoms with Crippen molar-refractivity contribution in [2.45, 2.75) is 0 Å². The fourth-order valence-electron chi connectivity index (χ4n) is 3.62. The highest BCUT2D eigenvalue weighted by atomic mass is 16.6. The SMILES string of the molecule is O=C(NN=Cc1cn(-c2ccccc2)nc1-c1cc2ccccc2oc1=O)c1cccc([N+](=O)[O-])c1. The first-order valence-corrected chi connectivity index (χ1v) is 10.8. The summed E-state index contributed by atoms with van der Waals surface area (Å²) >= 11 is 0. The lowest BCUT2D eigenvalue weighted by atomic mass is 10.1. The van der Waals surface area contributed by atoms with E-state index in [-0.39, 0.29) is 16.8 Å². The summed E-state index contributed by atoms with van der Waals surface area (Å²) in [4.78, 5) is 35.7. The third-order valence-electron chi connectivity index (χ3n) is 5.35. The lowest BCUT2D eigenvalue weighted by Crippen LogP contribution is -2.17. The molecular weight excluding hydrogens is 462 g/mol. The minimum Gasteiger partial charge on any atom is -0.422 e. The van der Waals surface area contributed by atoms with Crippen molar-refractivity contribution in [2.75, 3.05) is 0 Å². The van der Waals surface area contributed by atoms with Crippen molar-refractivity contribution in [3.05, 3.63) is 123 Å². The number of hydrogen-bond donors (Lipinski definition) is 1. The Morgan fingerprint density at radius 3 is 2.61 bits per heavy atom. The number of nitro benzene ring substituents is 1. The van der Waals surface area contributed by atoms with E-state index in [1.807, 2.05) is 42.5 Å². The van der Waals surface area contributed by atoms with Gasteiger partial charge in [0.1, 0.15) is 11.3 Å². The second-order valence-corrected chi connectivity index (χ2v) is 7.71. The number of carbonyl (C=O) groups excluding carboxylic acids is 1. The number of amides is 1. The van der Waals surface area contributed by atoms with E-state index in [0.717, 1.165) is 17.1 Å². The molecule has 10 heteroatoms. The van der Waals surface area contributed by atoms with Crippen molar-refractivity contribution in [3.63, 3.8) is 0 Å². The Morgan fingerprint density at radius 1 is 1.03 bits per heavy atom. The molecule has 0 aliphatic carbocycles. The average molecular weight is 479 g/mol. The number of benzene rings is 3. The number of nitro groups is 1. The van der Waals surface area contributed by atoms with Crippen molar-refractivity contribution in [2.24, 2.45) is 5.10 Å². The summed E-state index contributed by atoms with van der Waals surface area (Å²) in [6.45, 7) is 0. The van der Waals surface area contributed by atoms with Gasteiger partial charge in [-0.15, -0.1) is 0 Å². The average Bonchev–Trinajstić information content (AvgIpc) is 3.32. The van der Waals surface area contributed by atoms with Crippen molar-refractivity contribution >= 4 is 28.8 Å². The largest absolute Gasteiger partial charge is 0.422 e. The van der Waals surface area contributed by atoms with E-state index >= 15 is 0 Å². The molecule has 3 aromatic carbocycles. The molecule has 0 radical (unpaired) electrons. The first kappa shape index (κ1) is 22.4. The molecule has 0 aliphatic rings. The maximum absolute atomic E-state index is 12.8. The number of nitrogens with one attached hydrogen (secondary N) is 1. The standard InChI is InChI=1S/C26H17N5O5/c32-25(18-8-6-11-21(13-18)31(34)35)28-27-15-19-16-30(20-9-2-1-3-10-20)29-24(19)22-14-17-7-4-5-12-23(17)36-26(22)33/h1-16H,(H,28,32). The molecule has 5 rings (SSSR count). The van der Waals surface area contributed by atoms with E-state index < -0.39 is 16.5 Å². The first-order chi connectivity index (χ1) is 17.5. The van der Waals surface area contributed by atoms with Crippen molar-refractivity contribution in [3.8, 4) is 16.9 Å². The topological polar surface area (TPSA) is 133 Å². The van der Waals surface area contributed by atoms with E-state index in [1.54, 1.807) is 29.1 Å². The van der Waals surface area contributed by atoms with Gasteiger partial charge in [-0.3, -0.25) is 14.9 Å². The van der Waals surface area contributed by atoms with Crippen LogP contribution in [0.3, 0.4) is 0 Å². The van der Waals surface area contributed by atoms with Gasteiger partial charge in [-0.05, 0) is 30.3 Å². The molecule has 0 bridgehead atoms. The van der Waals surface area contributed by atoms with Crippen molar-refractivity contribution in [1.82, 2.24) is 15.2 Å². The van der Waals surface area contributed by atoms with Gasteiger partial charge in [-0.2, -0.15) is 10.2 Å². The molecule has 0 fully saturated rings. The number of fused-ring (bicyclic) bond motifs is 1. The van der Waals surface area contributed by atoms with E-state index in [2.05, 4.69) is 15.6 Å². The van der Waals surface area contributed by atoms with Crippen LogP contribution in [-0.4, -0.2) is 26.8 Å².